The van der Waals surface area contributed by atoms with Crippen LogP contribution in [0.1, 0.15) is 5.56 Å². The number of hydrogen-bond donors (Lipinski definition) is 0. The van der Waals surface area contributed by atoms with Crippen LogP contribution in [-0.2, 0) is 0 Å². The number of aromatic nitrogens is 5. The van der Waals surface area contributed by atoms with Gasteiger partial charge in [0, 0.05) is 44.9 Å². The third-order valence-corrected chi connectivity index (χ3v) is 7.97. The highest BCUT2D eigenvalue weighted by Gasteiger charge is 2.19. The summed E-state index contributed by atoms with van der Waals surface area (Å²) in [5.74, 6) is 1.86. The van der Waals surface area contributed by atoms with Crippen LogP contribution in [0.2, 0.25) is 0 Å². The fourth-order valence-electron chi connectivity index (χ4n) is 5.89. The topological polar surface area (TPSA) is 56.5 Å². The first kappa shape index (κ1) is 25.7. The zero-order valence-electron chi connectivity index (χ0n) is 24.1. The van der Waals surface area contributed by atoms with Gasteiger partial charge >= 0.3 is 0 Å². The van der Waals surface area contributed by atoms with Crippen molar-refractivity contribution in [3.8, 4) is 51.1 Å². The molecule has 208 valence electrons. The summed E-state index contributed by atoms with van der Waals surface area (Å²) < 4.78 is 2.34. The Morgan fingerprint density at radius 1 is 0.477 bits per heavy atom. The van der Waals surface area contributed by atoms with E-state index in [4.69, 9.17) is 19.9 Å². The molecule has 0 fully saturated rings. The van der Waals surface area contributed by atoms with Crippen molar-refractivity contribution in [2.45, 2.75) is 6.92 Å². The molecule has 0 saturated heterocycles. The molecular formula is C39H27N5. The second-order valence-electron chi connectivity index (χ2n) is 10.9. The average molecular weight is 566 g/mol. The Labute approximate surface area is 255 Å². The lowest BCUT2D eigenvalue weighted by Gasteiger charge is -2.15. The van der Waals surface area contributed by atoms with Crippen LogP contribution >= 0.6 is 0 Å². The number of rotatable bonds is 5. The van der Waals surface area contributed by atoms with Crippen LogP contribution in [0, 0.1) is 6.92 Å². The van der Waals surface area contributed by atoms with E-state index in [9.17, 15) is 0 Å². The normalized spacial score (nSPS) is 11.3. The maximum atomic E-state index is 5.03. The molecule has 5 heteroatoms. The number of pyridine rings is 1. The molecule has 0 unspecified atom stereocenters. The maximum absolute atomic E-state index is 5.03. The molecule has 0 atom stereocenters. The lowest BCUT2D eigenvalue weighted by Crippen LogP contribution is -2.02. The van der Waals surface area contributed by atoms with E-state index < -0.39 is 0 Å². The molecule has 0 saturated carbocycles. The van der Waals surface area contributed by atoms with Crippen molar-refractivity contribution in [2.24, 2.45) is 0 Å². The van der Waals surface area contributed by atoms with Gasteiger partial charge < -0.3 is 4.57 Å². The molecule has 0 aliphatic heterocycles. The Hall–Kier alpha value is -5.94. The predicted octanol–water partition coefficient (Wildman–Crippen LogP) is 9.34. The van der Waals surface area contributed by atoms with E-state index in [1.165, 1.54) is 21.9 Å². The number of para-hydroxylation sites is 1. The third kappa shape index (κ3) is 4.52. The van der Waals surface area contributed by atoms with Gasteiger partial charge in [0.15, 0.2) is 17.5 Å². The number of fused-ring (bicyclic) bond motifs is 3. The minimum absolute atomic E-state index is 0.600. The summed E-state index contributed by atoms with van der Waals surface area (Å²) in [6.45, 7) is 2.14. The fraction of sp³-hybridized carbons (Fsp3) is 0.0256. The Bertz CT molecular complexity index is 2220. The molecular weight excluding hydrogens is 538 g/mol. The quantitative estimate of drug-likeness (QED) is 0.209. The minimum atomic E-state index is 0.600. The van der Waals surface area contributed by atoms with Gasteiger partial charge in [-0.25, -0.2) is 15.0 Å². The first-order valence-corrected chi connectivity index (χ1v) is 14.7. The van der Waals surface area contributed by atoms with Crippen LogP contribution in [0.15, 0.2) is 146 Å². The predicted molar refractivity (Wildman–Crippen MR) is 178 cm³/mol. The van der Waals surface area contributed by atoms with Gasteiger partial charge in [-0.1, -0.05) is 97.1 Å². The second kappa shape index (κ2) is 10.7. The monoisotopic (exact) mass is 565 g/mol. The van der Waals surface area contributed by atoms with Crippen molar-refractivity contribution >= 4 is 21.8 Å². The second-order valence-corrected chi connectivity index (χ2v) is 10.9. The number of aryl methyl sites for hydroxylation is 1. The lowest BCUT2D eigenvalue weighted by atomic mass is 10.0. The first-order chi connectivity index (χ1) is 21.7. The van der Waals surface area contributed by atoms with Crippen molar-refractivity contribution < 1.29 is 0 Å². The summed E-state index contributed by atoms with van der Waals surface area (Å²) in [5, 5.41) is 2.45. The van der Waals surface area contributed by atoms with E-state index in [2.05, 4.69) is 72.2 Å². The molecule has 3 aromatic heterocycles. The van der Waals surface area contributed by atoms with E-state index in [0.29, 0.717) is 17.5 Å². The van der Waals surface area contributed by atoms with Crippen LogP contribution in [-0.4, -0.2) is 24.5 Å². The molecule has 8 rings (SSSR count). The van der Waals surface area contributed by atoms with Crippen LogP contribution in [0.25, 0.3) is 72.9 Å². The highest BCUT2D eigenvalue weighted by Crippen LogP contribution is 2.37. The summed E-state index contributed by atoms with van der Waals surface area (Å²) in [5.41, 5.74) is 9.16. The fourth-order valence-corrected chi connectivity index (χ4v) is 5.89. The van der Waals surface area contributed by atoms with Crippen molar-refractivity contribution in [1.82, 2.24) is 24.5 Å². The molecule has 0 aliphatic rings. The number of benzene rings is 5. The highest BCUT2D eigenvalue weighted by molar-refractivity contribution is 6.09. The summed E-state index contributed by atoms with van der Waals surface area (Å²) in [6, 6.07) is 47.8. The Morgan fingerprint density at radius 2 is 1.11 bits per heavy atom. The van der Waals surface area contributed by atoms with Crippen LogP contribution in [0.4, 0.5) is 0 Å². The van der Waals surface area contributed by atoms with E-state index >= 15 is 0 Å². The zero-order valence-corrected chi connectivity index (χ0v) is 24.1. The van der Waals surface area contributed by atoms with Gasteiger partial charge in [0.1, 0.15) is 0 Å². The van der Waals surface area contributed by atoms with Gasteiger partial charge in [0.25, 0.3) is 0 Å². The lowest BCUT2D eigenvalue weighted by molar-refractivity contribution is 1.07. The van der Waals surface area contributed by atoms with E-state index in [1.54, 1.807) is 0 Å². The van der Waals surface area contributed by atoms with Crippen LogP contribution in [0.3, 0.4) is 0 Å². The SMILES string of the molecule is Cc1ccc2c3ccccc3n(-c3ccc(-c4nc(-c5ccccc5)nc(-c5ccccc5)n4)c(-c4ccccn4)c3)c2c1. The molecule has 0 bridgehead atoms. The smallest absolute Gasteiger partial charge is 0.164 e. The van der Waals surface area contributed by atoms with Crippen LogP contribution in [0.5, 0.6) is 0 Å². The standard InChI is InChI=1S/C39H27N5/c1-26-19-21-31-30-16-8-9-18-35(30)44(36(31)24-26)29-20-22-32(33(25-29)34-17-10-11-23-40-34)39-42-37(27-12-4-2-5-13-27)41-38(43-39)28-14-6-3-7-15-28/h2-25H,1H3. The molecule has 0 spiro atoms. The van der Waals surface area contributed by atoms with Gasteiger partial charge in [-0.05, 0) is 55.0 Å². The minimum Gasteiger partial charge on any atom is -0.309 e. The largest absolute Gasteiger partial charge is 0.309 e. The van der Waals surface area contributed by atoms with E-state index in [1.807, 2.05) is 85.1 Å². The van der Waals surface area contributed by atoms with Crippen molar-refractivity contribution in [1.29, 1.82) is 0 Å². The Balaban J connectivity index is 1.39. The third-order valence-electron chi connectivity index (χ3n) is 7.97. The molecule has 8 aromatic rings. The van der Waals surface area contributed by atoms with Crippen molar-refractivity contribution in [3.05, 3.63) is 151 Å². The summed E-state index contributed by atoms with van der Waals surface area (Å²) in [4.78, 5) is 19.7. The number of nitrogens with zero attached hydrogens (tertiary/aromatic N) is 5. The van der Waals surface area contributed by atoms with E-state index in [0.717, 1.165) is 39.2 Å². The van der Waals surface area contributed by atoms with Gasteiger partial charge in [-0.3, -0.25) is 4.98 Å². The molecule has 3 heterocycles. The van der Waals surface area contributed by atoms with Crippen LogP contribution < -0.4 is 0 Å². The molecule has 5 aromatic carbocycles. The Morgan fingerprint density at radius 3 is 1.82 bits per heavy atom. The number of hydrogen-bond acceptors (Lipinski definition) is 4. The van der Waals surface area contributed by atoms with Gasteiger partial charge in [-0.15, -0.1) is 0 Å². The molecule has 0 aliphatic carbocycles. The van der Waals surface area contributed by atoms with Gasteiger partial charge in [0.05, 0.1) is 16.7 Å². The van der Waals surface area contributed by atoms with Gasteiger partial charge in [0.2, 0.25) is 0 Å². The summed E-state index contributed by atoms with van der Waals surface area (Å²) in [7, 11) is 0. The zero-order chi connectivity index (χ0) is 29.5. The average Bonchev–Trinajstić information content (AvgIpc) is 3.42. The molecule has 0 amide bonds. The summed E-state index contributed by atoms with van der Waals surface area (Å²) in [6.07, 6.45) is 1.83. The maximum Gasteiger partial charge on any atom is 0.164 e. The molecule has 44 heavy (non-hydrogen) atoms. The molecule has 0 radical (unpaired) electrons. The van der Waals surface area contributed by atoms with E-state index in [-0.39, 0.29) is 0 Å². The highest BCUT2D eigenvalue weighted by atomic mass is 15.0. The summed E-state index contributed by atoms with van der Waals surface area (Å²) >= 11 is 0. The first-order valence-electron chi connectivity index (χ1n) is 14.7. The molecule has 5 nitrogen and oxygen atoms in total. The van der Waals surface area contributed by atoms with Crippen molar-refractivity contribution in [2.75, 3.05) is 0 Å². The Kier molecular flexibility index (Phi) is 6.27. The molecule has 0 N–H and O–H groups in total. The van der Waals surface area contributed by atoms with Crippen molar-refractivity contribution in [3.63, 3.8) is 0 Å². The van der Waals surface area contributed by atoms with Gasteiger partial charge in [-0.2, -0.15) is 0 Å².